The van der Waals surface area contributed by atoms with Crippen molar-refractivity contribution in [1.29, 1.82) is 0 Å². The molecule has 0 saturated heterocycles. The molecule has 0 spiro atoms. The fourth-order valence-corrected chi connectivity index (χ4v) is 2.69. The summed E-state index contributed by atoms with van der Waals surface area (Å²) in [5.74, 6) is 0.804. The lowest BCUT2D eigenvalue weighted by Gasteiger charge is -2.37. The lowest BCUT2D eigenvalue weighted by molar-refractivity contribution is -0.0370. The van der Waals surface area contributed by atoms with Gasteiger partial charge in [0.1, 0.15) is 0 Å². The number of ether oxygens (including phenoxy) is 1. The molecule has 1 unspecified atom stereocenters. The molecule has 0 aromatic rings. The summed E-state index contributed by atoms with van der Waals surface area (Å²) in [6.45, 7) is 6.86. The van der Waals surface area contributed by atoms with Gasteiger partial charge in [0.05, 0.1) is 6.10 Å². The maximum atomic E-state index is 5.65. The number of methoxy groups -OCH3 is 1. The average molecular weight is 184 g/mol. The Kier molecular flexibility index (Phi) is 3.78. The molecular weight excluding hydrogens is 160 g/mol. The molecule has 13 heavy (non-hydrogen) atoms. The molecule has 0 bridgehead atoms. The van der Waals surface area contributed by atoms with Crippen molar-refractivity contribution in [2.75, 3.05) is 7.11 Å². The second kappa shape index (κ2) is 4.45. The van der Waals surface area contributed by atoms with Crippen molar-refractivity contribution in [1.82, 2.24) is 0 Å². The molecular formula is C12H24O. The van der Waals surface area contributed by atoms with E-state index in [1.54, 1.807) is 0 Å². The fraction of sp³-hybridized carbons (Fsp3) is 1.00. The zero-order chi connectivity index (χ0) is 9.90. The van der Waals surface area contributed by atoms with Gasteiger partial charge < -0.3 is 4.74 Å². The maximum absolute atomic E-state index is 5.65. The summed E-state index contributed by atoms with van der Waals surface area (Å²) in [5, 5.41) is 0. The number of hydrogen-bond donors (Lipinski definition) is 0. The molecule has 0 aliphatic heterocycles. The van der Waals surface area contributed by atoms with E-state index in [1.807, 2.05) is 7.11 Å². The summed E-state index contributed by atoms with van der Waals surface area (Å²) < 4.78 is 5.65. The van der Waals surface area contributed by atoms with Crippen molar-refractivity contribution in [3.63, 3.8) is 0 Å². The van der Waals surface area contributed by atoms with Gasteiger partial charge in [-0.3, -0.25) is 0 Å². The Labute approximate surface area is 82.9 Å². The van der Waals surface area contributed by atoms with Crippen molar-refractivity contribution in [2.45, 2.75) is 59.0 Å². The third kappa shape index (κ3) is 2.98. The van der Waals surface area contributed by atoms with Crippen molar-refractivity contribution < 1.29 is 4.74 Å². The Balaban J connectivity index is 2.54. The first-order valence-corrected chi connectivity index (χ1v) is 5.58. The molecule has 0 aromatic carbocycles. The quantitative estimate of drug-likeness (QED) is 0.637. The van der Waals surface area contributed by atoms with Crippen molar-refractivity contribution in [3.05, 3.63) is 0 Å². The van der Waals surface area contributed by atoms with Crippen LogP contribution in [0.25, 0.3) is 0 Å². The van der Waals surface area contributed by atoms with Crippen LogP contribution in [0.5, 0.6) is 0 Å². The summed E-state index contributed by atoms with van der Waals surface area (Å²) in [7, 11) is 1.87. The molecule has 1 saturated carbocycles. The van der Waals surface area contributed by atoms with E-state index < -0.39 is 0 Å². The van der Waals surface area contributed by atoms with E-state index in [9.17, 15) is 0 Å². The highest BCUT2D eigenvalue weighted by molar-refractivity contribution is 4.83. The monoisotopic (exact) mass is 184 g/mol. The third-order valence-corrected chi connectivity index (χ3v) is 3.19. The first kappa shape index (κ1) is 11.0. The zero-order valence-electron chi connectivity index (χ0n) is 9.60. The van der Waals surface area contributed by atoms with Crippen molar-refractivity contribution in [2.24, 2.45) is 11.3 Å². The summed E-state index contributed by atoms with van der Waals surface area (Å²) in [4.78, 5) is 0. The normalized spacial score (nSPS) is 23.1. The van der Waals surface area contributed by atoms with Crippen LogP contribution in [0.1, 0.15) is 52.9 Å². The number of rotatable bonds is 2. The minimum Gasteiger partial charge on any atom is -0.381 e. The molecule has 1 rings (SSSR count). The van der Waals surface area contributed by atoms with E-state index >= 15 is 0 Å². The van der Waals surface area contributed by atoms with E-state index in [0.29, 0.717) is 11.5 Å². The first-order chi connectivity index (χ1) is 6.05. The molecule has 0 amide bonds. The summed E-state index contributed by atoms with van der Waals surface area (Å²) >= 11 is 0. The highest BCUT2D eigenvalue weighted by Gasteiger charge is 2.32. The molecule has 0 aromatic heterocycles. The molecule has 1 atom stereocenters. The topological polar surface area (TPSA) is 9.23 Å². The molecule has 1 aliphatic rings. The van der Waals surface area contributed by atoms with Crippen LogP contribution < -0.4 is 0 Å². The molecule has 0 radical (unpaired) electrons. The van der Waals surface area contributed by atoms with Crippen LogP contribution in [-0.4, -0.2) is 13.2 Å². The fourth-order valence-electron chi connectivity index (χ4n) is 2.69. The van der Waals surface area contributed by atoms with Gasteiger partial charge >= 0.3 is 0 Å². The first-order valence-electron chi connectivity index (χ1n) is 5.58. The van der Waals surface area contributed by atoms with Crippen LogP contribution in [0.4, 0.5) is 0 Å². The maximum Gasteiger partial charge on any atom is 0.0647 e. The summed E-state index contributed by atoms with van der Waals surface area (Å²) in [6.07, 6.45) is 7.43. The van der Waals surface area contributed by atoms with Gasteiger partial charge in [0.15, 0.2) is 0 Å². The standard InChI is InChI=1S/C12H24O/c1-12(2,3)11(13-4)10-8-6-5-7-9-10/h10-11H,5-9H2,1-4H3. The minimum absolute atomic E-state index is 0.302. The Bertz CT molecular complexity index is 140. The van der Waals surface area contributed by atoms with Gasteiger partial charge in [-0.1, -0.05) is 40.0 Å². The molecule has 0 heterocycles. The molecule has 1 fully saturated rings. The SMILES string of the molecule is COC(C1CCCCC1)C(C)(C)C. The van der Waals surface area contributed by atoms with E-state index in [2.05, 4.69) is 20.8 Å². The van der Waals surface area contributed by atoms with E-state index in [1.165, 1.54) is 32.1 Å². The summed E-state index contributed by atoms with van der Waals surface area (Å²) in [6, 6.07) is 0. The third-order valence-electron chi connectivity index (χ3n) is 3.19. The van der Waals surface area contributed by atoms with Crippen LogP contribution in [0.3, 0.4) is 0 Å². The smallest absolute Gasteiger partial charge is 0.0647 e. The molecule has 0 N–H and O–H groups in total. The van der Waals surface area contributed by atoms with Gasteiger partial charge in [0, 0.05) is 7.11 Å². The highest BCUT2D eigenvalue weighted by Crippen LogP contribution is 2.36. The van der Waals surface area contributed by atoms with Gasteiger partial charge in [-0.05, 0) is 24.2 Å². The molecule has 1 nitrogen and oxygen atoms in total. The highest BCUT2D eigenvalue weighted by atomic mass is 16.5. The van der Waals surface area contributed by atoms with Crippen LogP contribution in [0.2, 0.25) is 0 Å². The second-order valence-corrected chi connectivity index (χ2v) is 5.42. The number of hydrogen-bond acceptors (Lipinski definition) is 1. The predicted molar refractivity (Wildman–Crippen MR) is 56.8 cm³/mol. The molecule has 1 heteroatoms. The van der Waals surface area contributed by atoms with Crippen LogP contribution in [0.15, 0.2) is 0 Å². The van der Waals surface area contributed by atoms with Crippen LogP contribution >= 0.6 is 0 Å². The summed E-state index contributed by atoms with van der Waals surface area (Å²) in [5.41, 5.74) is 0.302. The van der Waals surface area contributed by atoms with Gasteiger partial charge in [-0.15, -0.1) is 0 Å². The predicted octanol–water partition coefficient (Wildman–Crippen LogP) is 3.63. The van der Waals surface area contributed by atoms with Crippen molar-refractivity contribution in [3.8, 4) is 0 Å². The van der Waals surface area contributed by atoms with Gasteiger partial charge in [-0.2, -0.15) is 0 Å². The van der Waals surface area contributed by atoms with E-state index in [-0.39, 0.29) is 0 Å². The lowest BCUT2D eigenvalue weighted by Crippen LogP contribution is -2.36. The average Bonchev–Trinajstić information content (AvgIpc) is 2.05. The van der Waals surface area contributed by atoms with Gasteiger partial charge in [0.25, 0.3) is 0 Å². The van der Waals surface area contributed by atoms with Crippen LogP contribution in [0, 0.1) is 11.3 Å². The lowest BCUT2D eigenvalue weighted by atomic mass is 9.75. The molecule has 1 aliphatic carbocycles. The Morgan fingerprint density at radius 3 is 2.00 bits per heavy atom. The van der Waals surface area contributed by atoms with Gasteiger partial charge in [0.2, 0.25) is 0 Å². The zero-order valence-corrected chi connectivity index (χ0v) is 9.60. The second-order valence-electron chi connectivity index (χ2n) is 5.42. The Morgan fingerprint density at radius 2 is 1.62 bits per heavy atom. The molecule has 78 valence electrons. The van der Waals surface area contributed by atoms with E-state index in [0.717, 1.165) is 5.92 Å². The minimum atomic E-state index is 0.302. The van der Waals surface area contributed by atoms with Crippen LogP contribution in [-0.2, 0) is 4.74 Å². The Morgan fingerprint density at radius 1 is 1.08 bits per heavy atom. The van der Waals surface area contributed by atoms with E-state index in [4.69, 9.17) is 4.74 Å². The van der Waals surface area contributed by atoms with Crippen molar-refractivity contribution >= 4 is 0 Å². The van der Waals surface area contributed by atoms with Gasteiger partial charge in [-0.25, -0.2) is 0 Å². The Hall–Kier alpha value is -0.0400. The largest absolute Gasteiger partial charge is 0.381 e.